The molecule has 0 heterocycles. The number of carboxylic acid groups (broad SMARTS) is 2. The molecule has 0 bridgehead atoms. The van der Waals surface area contributed by atoms with Crippen LogP contribution in [0.5, 0.6) is 0 Å². The van der Waals surface area contributed by atoms with Gasteiger partial charge in [0.25, 0.3) is 0 Å². The van der Waals surface area contributed by atoms with Gasteiger partial charge in [0.15, 0.2) is 0 Å². The van der Waals surface area contributed by atoms with Crippen LogP contribution < -0.4 is 0 Å². The van der Waals surface area contributed by atoms with Gasteiger partial charge in [-0.15, -0.1) is 0 Å². The largest absolute Gasteiger partial charge is 0.481 e. The van der Waals surface area contributed by atoms with Crippen LogP contribution in [-0.2, 0) is 29.1 Å². The average Bonchev–Trinajstić information content (AvgIpc) is 2.58. The average molecular weight is 422 g/mol. The molecule has 0 atom stereocenters. The van der Waals surface area contributed by atoms with Crippen molar-refractivity contribution in [3.63, 3.8) is 0 Å². The Hall–Kier alpha value is -0.697. The molecule has 0 aliphatic carbocycles. The maximum Gasteiger partial charge on any atom is 0.327 e. The summed E-state index contributed by atoms with van der Waals surface area (Å²) in [7, 11) is 0. The minimum atomic E-state index is -0.981. The van der Waals surface area contributed by atoms with Gasteiger partial charge in [0.1, 0.15) is 0 Å². The van der Waals surface area contributed by atoms with Crippen molar-refractivity contribution in [2.75, 3.05) is 0 Å². The van der Waals surface area contributed by atoms with Crippen LogP contribution in [0.15, 0.2) is 12.7 Å². The molecular weight excluding hydrogens is 382 g/mol. The molecular formula is C21H40O4Zn. The van der Waals surface area contributed by atoms with Crippen LogP contribution in [0.25, 0.3) is 0 Å². The molecule has 0 rings (SSSR count). The van der Waals surface area contributed by atoms with Crippen LogP contribution in [-0.4, -0.2) is 22.2 Å². The molecule has 0 unspecified atom stereocenters. The van der Waals surface area contributed by atoms with Gasteiger partial charge in [-0.3, -0.25) is 4.79 Å². The van der Waals surface area contributed by atoms with E-state index in [1.54, 1.807) is 0 Å². The van der Waals surface area contributed by atoms with E-state index in [0.29, 0.717) is 6.42 Å². The zero-order valence-corrected chi connectivity index (χ0v) is 20.0. The maximum atomic E-state index is 10.3. The Morgan fingerprint density at radius 1 is 0.692 bits per heavy atom. The van der Waals surface area contributed by atoms with Crippen molar-refractivity contribution in [2.45, 2.75) is 110 Å². The molecule has 0 amide bonds. The first kappa shape index (κ1) is 30.0. The van der Waals surface area contributed by atoms with Crippen LogP contribution >= 0.6 is 0 Å². The number of carboxylic acids is 2. The van der Waals surface area contributed by atoms with Crippen LogP contribution in [0.1, 0.15) is 110 Å². The first-order valence-electron chi connectivity index (χ1n) is 10.1. The standard InChI is InChI=1S/C18H36O2.C3H4O2.Zn/c1-2-3-4-5-6-7-8-9-10-11-12-13-14-15-16-17-18(19)20;1-2-3(4)5;/h2-17H2,1H3,(H,19,20);2H,1H2,(H,4,5);. The van der Waals surface area contributed by atoms with Crippen LogP contribution in [0.4, 0.5) is 0 Å². The Bertz CT molecular complexity index is 319. The van der Waals surface area contributed by atoms with E-state index < -0.39 is 11.9 Å². The molecule has 26 heavy (non-hydrogen) atoms. The summed E-state index contributed by atoms with van der Waals surface area (Å²) in [4.78, 5) is 19.6. The Morgan fingerprint density at radius 2 is 0.962 bits per heavy atom. The second kappa shape index (κ2) is 26.5. The van der Waals surface area contributed by atoms with E-state index in [2.05, 4.69) is 13.5 Å². The molecule has 0 aromatic rings. The number of aliphatic carboxylic acids is 2. The van der Waals surface area contributed by atoms with Gasteiger partial charge in [-0.25, -0.2) is 4.79 Å². The Kier molecular flexibility index (Phi) is 30.7. The van der Waals surface area contributed by atoms with E-state index in [4.69, 9.17) is 10.2 Å². The molecule has 0 saturated heterocycles. The molecule has 150 valence electrons. The summed E-state index contributed by atoms with van der Waals surface area (Å²) >= 11 is 0. The van der Waals surface area contributed by atoms with Crippen molar-refractivity contribution >= 4 is 11.9 Å². The van der Waals surface area contributed by atoms with Gasteiger partial charge in [0, 0.05) is 32.0 Å². The third-order valence-corrected chi connectivity index (χ3v) is 4.17. The van der Waals surface area contributed by atoms with Gasteiger partial charge in [-0.05, 0) is 6.42 Å². The fourth-order valence-corrected chi connectivity index (χ4v) is 2.65. The number of hydrogen-bond donors (Lipinski definition) is 2. The zero-order valence-electron chi connectivity index (χ0n) is 17.0. The summed E-state index contributed by atoms with van der Waals surface area (Å²) in [6.07, 6.45) is 21.0. The Labute approximate surface area is 173 Å². The summed E-state index contributed by atoms with van der Waals surface area (Å²) in [5, 5.41) is 16.1. The van der Waals surface area contributed by atoms with Gasteiger partial charge in [0.2, 0.25) is 0 Å². The molecule has 4 nitrogen and oxygen atoms in total. The first-order chi connectivity index (χ1) is 12.0. The molecule has 0 aromatic carbocycles. The molecule has 0 fully saturated rings. The van der Waals surface area contributed by atoms with Gasteiger partial charge in [-0.1, -0.05) is 103 Å². The summed E-state index contributed by atoms with van der Waals surface area (Å²) in [5.41, 5.74) is 0. The van der Waals surface area contributed by atoms with Gasteiger partial charge in [-0.2, -0.15) is 0 Å². The molecule has 0 saturated carbocycles. The molecule has 0 spiro atoms. The molecule has 2 N–H and O–H groups in total. The quantitative estimate of drug-likeness (QED) is 0.158. The Morgan fingerprint density at radius 3 is 1.19 bits per heavy atom. The number of hydrogen-bond acceptors (Lipinski definition) is 2. The number of carbonyl (C=O) groups is 2. The Balaban J connectivity index is -0.000000772. The summed E-state index contributed by atoms with van der Waals surface area (Å²) in [5.74, 6) is -1.63. The van der Waals surface area contributed by atoms with Gasteiger partial charge < -0.3 is 10.2 Å². The van der Waals surface area contributed by atoms with E-state index in [-0.39, 0.29) is 19.5 Å². The van der Waals surface area contributed by atoms with Crippen molar-refractivity contribution in [3.05, 3.63) is 12.7 Å². The molecule has 0 radical (unpaired) electrons. The third-order valence-electron chi connectivity index (χ3n) is 4.17. The first-order valence-corrected chi connectivity index (χ1v) is 10.1. The van der Waals surface area contributed by atoms with E-state index in [0.717, 1.165) is 18.9 Å². The molecule has 0 aliphatic heterocycles. The van der Waals surface area contributed by atoms with E-state index in [1.165, 1.54) is 83.5 Å². The monoisotopic (exact) mass is 420 g/mol. The van der Waals surface area contributed by atoms with Crippen molar-refractivity contribution in [3.8, 4) is 0 Å². The second-order valence-electron chi connectivity index (χ2n) is 6.64. The van der Waals surface area contributed by atoms with E-state index in [1.807, 2.05) is 0 Å². The molecule has 0 aromatic heterocycles. The maximum absolute atomic E-state index is 10.3. The van der Waals surface area contributed by atoms with Crippen LogP contribution in [0, 0.1) is 0 Å². The SMILES string of the molecule is C=CC(=O)O.CCCCCCCCCCCCCCCCCC(=O)O.[Zn]. The van der Waals surface area contributed by atoms with Crippen LogP contribution in [0.3, 0.4) is 0 Å². The summed E-state index contributed by atoms with van der Waals surface area (Å²) < 4.78 is 0. The number of rotatable bonds is 17. The fraction of sp³-hybridized carbons (Fsp3) is 0.810. The summed E-state index contributed by atoms with van der Waals surface area (Å²) in [6.45, 7) is 5.23. The topological polar surface area (TPSA) is 74.6 Å². The van der Waals surface area contributed by atoms with Crippen LogP contribution in [0.2, 0.25) is 0 Å². The smallest absolute Gasteiger partial charge is 0.327 e. The fourth-order valence-electron chi connectivity index (χ4n) is 2.65. The molecule has 0 aliphatic rings. The number of unbranched alkanes of at least 4 members (excludes halogenated alkanes) is 14. The summed E-state index contributed by atoms with van der Waals surface area (Å²) in [6, 6.07) is 0. The van der Waals surface area contributed by atoms with Crippen molar-refractivity contribution in [2.24, 2.45) is 0 Å². The minimum absolute atomic E-state index is 0. The van der Waals surface area contributed by atoms with E-state index in [9.17, 15) is 9.59 Å². The second-order valence-corrected chi connectivity index (χ2v) is 6.64. The van der Waals surface area contributed by atoms with Crippen molar-refractivity contribution < 1.29 is 39.3 Å². The van der Waals surface area contributed by atoms with Gasteiger partial charge >= 0.3 is 11.9 Å². The third kappa shape index (κ3) is 34.6. The molecule has 5 heteroatoms. The van der Waals surface area contributed by atoms with Crippen molar-refractivity contribution in [1.29, 1.82) is 0 Å². The van der Waals surface area contributed by atoms with Crippen molar-refractivity contribution in [1.82, 2.24) is 0 Å². The van der Waals surface area contributed by atoms with E-state index >= 15 is 0 Å². The van der Waals surface area contributed by atoms with Gasteiger partial charge in [0.05, 0.1) is 0 Å². The zero-order chi connectivity index (χ0) is 19.2. The minimum Gasteiger partial charge on any atom is -0.481 e. The predicted octanol–water partition coefficient (Wildman–Crippen LogP) is 6.59. The predicted molar refractivity (Wildman–Crippen MR) is 105 cm³/mol. The normalized spacial score (nSPS) is 9.58.